The van der Waals surface area contributed by atoms with Crippen LogP contribution in [-0.2, 0) is 12.6 Å². The molecule has 0 aliphatic carbocycles. The summed E-state index contributed by atoms with van der Waals surface area (Å²) in [6.45, 7) is 2.29. The Hall–Kier alpha value is -1.37. The number of hydrogen-bond acceptors (Lipinski definition) is 2. The first-order chi connectivity index (χ1) is 9.97. The van der Waals surface area contributed by atoms with Gasteiger partial charge in [0.25, 0.3) is 0 Å². The van der Waals surface area contributed by atoms with E-state index in [-0.39, 0.29) is 0 Å². The van der Waals surface area contributed by atoms with Crippen molar-refractivity contribution in [1.82, 2.24) is 4.90 Å². The highest BCUT2D eigenvalue weighted by Crippen LogP contribution is 2.29. The molecule has 1 aromatic rings. The minimum absolute atomic E-state index is 0.487. The van der Waals surface area contributed by atoms with E-state index in [9.17, 15) is 13.2 Å². The number of thioether (sulfide) groups is 1. The molecule has 2 rings (SSSR count). The lowest BCUT2D eigenvalue weighted by atomic mass is 10.1. The van der Waals surface area contributed by atoms with Crippen LogP contribution in [0.25, 0.3) is 0 Å². The molecular formula is C14H18F3N3S. The average molecular weight is 317 g/mol. The molecule has 7 heteroatoms. The molecule has 1 aromatic carbocycles. The molecule has 3 nitrogen and oxygen atoms in total. The Morgan fingerprint density at radius 3 is 2.38 bits per heavy atom. The fourth-order valence-electron chi connectivity index (χ4n) is 2.05. The Labute approximate surface area is 126 Å². The van der Waals surface area contributed by atoms with Crippen LogP contribution in [0.1, 0.15) is 11.1 Å². The molecule has 1 aliphatic heterocycles. The van der Waals surface area contributed by atoms with E-state index < -0.39 is 11.7 Å². The topological polar surface area (TPSA) is 41.6 Å². The third-order valence-corrected chi connectivity index (χ3v) is 4.23. The van der Waals surface area contributed by atoms with Gasteiger partial charge in [0.15, 0.2) is 5.96 Å². The quantitative estimate of drug-likeness (QED) is 0.688. The number of hydrogen-bond donors (Lipinski definition) is 1. The molecule has 21 heavy (non-hydrogen) atoms. The summed E-state index contributed by atoms with van der Waals surface area (Å²) in [5.74, 6) is 2.63. The van der Waals surface area contributed by atoms with E-state index in [4.69, 9.17) is 5.73 Å². The van der Waals surface area contributed by atoms with Crippen molar-refractivity contribution in [2.24, 2.45) is 10.7 Å². The summed E-state index contributed by atoms with van der Waals surface area (Å²) < 4.78 is 37.3. The molecule has 0 atom stereocenters. The van der Waals surface area contributed by atoms with Gasteiger partial charge < -0.3 is 10.6 Å². The SMILES string of the molecule is NC(=NCCc1ccc(C(F)(F)F)cc1)N1CCSCC1. The van der Waals surface area contributed by atoms with Crippen molar-refractivity contribution in [3.05, 3.63) is 35.4 Å². The van der Waals surface area contributed by atoms with Crippen molar-refractivity contribution in [2.45, 2.75) is 12.6 Å². The second-order valence-electron chi connectivity index (χ2n) is 4.78. The van der Waals surface area contributed by atoms with E-state index in [1.165, 1.54) is 12.1 Å². The van der Waals surface area contributed by atoms with Crippen molar-refractivity contribution in [3.63, 3.8) is 0 Å². The van der Waals surface area contributed by atoms with Gasteiger partial charge in [0, 0.05) is 31.1 Å². The van der Waals surface area contributed by atoms with Crippen LogP contribution in [0.5, 0.6) is 0 Å². The van der Waals surface area contributed by atoms with Crippen molar-refractivity contribution >= 4 is 17.7 Å². The molecular weight excluding hydrogens is 299 g/mol. The standard InChI is InChI=1S/C14H18F3N3S/c15-14(16,17)12-3-1-11(2-4-12)5-6-19-13(18)20-7-9-21-10-8-20/h1-4H,5-10H2,(H2,18,19). The van der Waals surface area contributed by atoms with Gasteiger partial charge in [0.2, 0.25) is 0 Å². The molecule has 1 saturated heterocycles. The van der Waals surface area contributed by atoms with Crippen LogP contribution in [0.2, 0.25) is 0 Å². The molecule has 1 heterocycles. The van der Waals surface area contributed by atoms with Gasteiger partial charge in [0.1, 0.15) is 0 Å². The first kappa shape index (κ1) is 16.0. The van der Waals surface area contributed by atoms with E-state index in [2.05, 4.69) is 4.99 Å². The number of nitrogens with two attached hydrogens (primary N) is 1. The largest absolute Gasteiger partial charge is 0.416 e. The predicted molar refractivity (Wildman–Crippen MR) is 80.5 cm³/mol. The van der Waals surface area contributed by atoms with Crippen molar-refractivity contribution < 1.29 is 13.2 Å². The summed E-state index contributed by atoms with van der Waals surface area (Å²) in [6.07, 6.45) is -3.70. The Bertz CT molecular complexity index is 479. The summed E-state index contributed by atoms with van der Waals surface area (Å²) in [7, 11) is 0. The first-order valence-electron chi connectivity index (χ1n) is 6.75. The van der Waals surface area contributed by atoms with Crippen LogP contribution < -0.4 is 5.73 Å². The molecule has 116 valence electrons. The van der Waals surface area contributed by atoms with Crippen LogP contribution in [0.15, 0.2) is 29.3 Å². The van der Waals surface area contributed by atoms with Crippen LogP contribution in [0.3, 0.4) is 0 Å². The predicted octanol–water partition coefficient (Wildman–Crippen LogP) is 2.61. The molecule has 0 unspecified atom stereocenters. The lowest BCUT2D eigenvalue weighted by Crippen LogP contribution is -2.42. The normalized spacial score (nSPS) is 17.1. The van der Waals surface area contributed by atoms with Crippen LogP contribution in [0.4, 0.5) is 13.2 Å². The Balaban J connectivity index is 1.85. The van der Waals surface area contributed by atoms with Crippen molar-refractivity contribution in [1.29, 1.82) is 0 Å². The lowest BCUT2D eigenvalue weighted by Gasteiger charge is -2.27. The van der Waals surface area contributed by atoms with Gasteiger partial charge in [-0.1, -0.05) is 12.1 Å². The molecule has 1 fully saturated rings. The summed E-state index contributed by atoms with van der Waals surface area (Å²) >= 11 is 1.90. The van der Waals surface area contributed by atoms with Crippen LogP contribution >= 0.6 is 11.8 Å². The second kappa shape index (κ2) is 7.06. The van der Waals surface area contributed by atoms with Crippen molar-refractivity contribution in [2.75, 3.05) is 31.1 Å². The minimum atomic E-state index is -4.28. The zero-order chi connectivity index (χ0) is 15.3. The highest BCUT2D eigenvalue weighted by atomic mass is 32.2. The number of alkyl halides is 3. The number of rotatable bonds is 3. The number of guanidine groups is 1. The minimum Gasteiger partial charge on any atom is -0.370 e. The van der Waals surface area contributed by atoms with Crippen molar-refractivity contribution in [3.8, 4) is 0 Å². The first-order valence-corrected chi connectivity index (χ1v) is 7.91. The van der Waals surface area contributed by atoms with Gasteiger partial charge in [-0.05, 0) is 24.1 Å². The lowest BCUT2D eigenvalue weighted by molar-refractivity contribution is -0.137. The highest BCUT2D eigenvalue weighted by molar-refractivity contribution is 7.99. The van der Waals surface area contributed by atoms with E-state index in [1.807, 2.05) is 16.7 Å². The van der Waals surface area contributed by atoms with E-state index in [0.717, 1.165) is 42.3 Å². The smallest absolute Gasteiger partial charge is 0.370 e. The second-order valence-corrected chi connectivity index (χ2v) is 6.01. The van der Waals surface area contributed by atoms with E-state index >= 15 is 0 Å². The molecule has 0 radical (unpaired) electrons. The summed E-state index contributed by atoms with van der Waals surface area (Å²) in [6, 6.07) is 5.19. The zero-order valence-electron chi connectivity index (χ0n) is 11.6. The van der Waals surface area contributed by atoms with Gasteiger partial charge in [0.05, 0.1) is 5.56 Å². The molecule has 1 aliphatic rings. The maximum atomic E-state index is 12.4. The Morgan fingerprint density at radius 1 is 1.19 bits per heavy atom. The third kappa shape index (κ3) is 4.84. The maximum absolute atomic E-state index is 12.4. The number of nitrogens with zero attached hydrogens (tertiary/aromatic N) is 2. The molecule has 0 spiro atoms. The van der Waals surface area contributed by atoms with Gasteiger partial charge in [-0.25, -0.2) is 0 Å². The molecule has 0 saturated carbocycles. The molecule has 0 amide bonds. The van der Waals surface area contributed by atoms with Gasteiger partial charge in [-0.15, -0.1) is 0 Å². The summed E-state index contributed by atoms with van der Waals surface area (Å²) in [5, 5.41) is 0. The van der Waals surface area contributed by atoms with Gasteiger partial charge in [-0.2, -0.15) is 24.9 Å². The Morgan fingerprint density at radius 2 is 1.81 bits per heavy atom. The van der Waals surface area contributed by atoms with Crippen LogP contribution in [0, 0.1) is 0 Å². The third-order valence-electron chi connectivity index (χ3n) is 3.29. The average Bonchev–Trinajstić information content (AvgIpc) is 2.47. The zero-order valence-corrected chi connectivity index (χ0v) is 12.4. The van der Waals surface area contributed by atoms with Gasteiger partial charge >= 0.3 is 6.18 Å². The van der Waals surface area contributed by atoms with Crippen LogP contribution in [-0.4, -0.2) is 42.0 Å². The summed E-state index contributed by atoms with van der Waals surface area (Å²) in [5.41, 5.74) is 6.11. The fourth-order valence-corrected chi connectivity index (χ4v) is 2.96. The maximum Gasteiger partial charge on any atom is 0.416 e. The highest BCUT2D eigenvalue weighted by Gasteiger charge is 2.29. The molecule has 2 N–H and O–H groups in total. The number of halogens is 3. The summed E-state index contributed by atoms with van der Waals surface area (Å²) in [4.78, 5) is 6.35. The fraction of sp³-hybridized carbons (Fsp3) is 0.500. The monoisotopic (exact) mass is 317 g/mol. The van der Waals surface area contributed by atoms with E-state index in [1.54, 1.807) is 0 Å². The number of benzene rings is 1. The molecule has 0 aromatic heterocycles. The molecule has 0 bridgehead atoms. The number of aliphatic imine (C=N–C) groups is 1. The Kier molecular flexibility index (Phi) is 5.39. The van der Waals surface area contributed by atoms with Gasteiger partial charge in [-0.3, -0.25) is 4.99 Å². The van der Waals surface area contributed by atoms with E-state index in [0.29, 0.717) is 18.9 Å².